The normalized spacial score (nSPS) is 24.3. The zero-order chi connectivity index (χ0) is 106. The van der Waals surface area contributed by atoms with Crippen molar-refractivity contribution in [2.24, 2.45) is 43.1 Å². The number of likely N-dealkylation sites (N-methyl/N-ethyl adjacent to an activating group) is 1. The molecular formula is C108H146Cl4N16O18S. The maximum atomic E-state index is 14.0. The Morgan fingerprint density at radius 3 is 1.12 bits per heavy atom. The topological polar surface area (TPSA) is 484 Å². The third-order valence-electron chi connectivity index (χ3n) is 28.3. The molecule has 0 radical (unpaired) electrons. The smallest absolute Gasteiger partial charge is 0.248 e. The van der Waals surface area contributed by atoms with Crippen LogP contribution in [0.4, 0.5) is 0 Å². The van der Waals surface area contributed by atoms with Crippen LogP contribution in [-0.4, -0.2) is 313 Å². The van der Waals surface area contributed by atoms with Gasteiger partial charge < -0.3 is 113 Å². The Labute approximate surface area is 886 Å². The van der Waals surface area contributed by atoms with Crippen LogP contribution in [0.1, 0.15) is 172 Å². The van der Waals surface area contributed by atoms with E-state index in [1.54, 1.807) is 80.3 Å². The lowest BCUT2D eigenvalue weighted by molar-refractivity contribution is -0.143. The van der Waals surface area contributed by atoms with Crippen LogP contribution in [0, 0.1) is 5.92 Å². The molecule has 4 saturated heterocycles. The van der Waals surface area contributed by atoms with E-state index >= 15 is 0 Å². The van der Waals surface area contributed by atoms with Gasteiger partial charge in [-0.3, -0.25) is 43.3 Å². The summed E-state index contributed by atoms with van der Waals surface area (Å²) in [5, 5.41) is 69.1. The first-order valence-corrected chi connectivity index (χ1v) is 53.5. The molecule has 1 saturated carbocycles. The number of likely N-dealkylation sites (tertiary alicyclic amines) is 4. The van der Waals surface area contributed by atoms with Crippen molar-refractivity contribution in [3.63, 3.8) is 0 Å². The maximum Gasteiger partial charge on any atom is 0.248 e. The van der Waals surface area contributed by atoms with E-state index in [9.17, 15) is 63.9 Å². The molecule has 8 aliphatic heterocycles. The first-order chi connectivity index (χ1) is 70.2. The van der Waals surface area contributed by atoms with E-state index in [4.69, 9.17) is 107 Å². The van der Waals surface area contributed by atoms with Gasteiger partial charge in [0.05, 0.1) is 98.2 Å². The molecule has 16 N–H and O–H groups in total. The number of carbonyl (C=O) groups is 8. The predicted octanol–water partition coefficient (Wildman–Crippen LogP) is 9.00. The summed E-state index contributed by atoms with van der Waals surface area (Å²) in [6.45, 7) is 15.6. The van der Waals surface area contributed by atoms with Crippen molar-refractivity contribution in [3.05, 3.63) is 211 Å². The van der Waals surface area contributed by atoms with Crippen LogP contribution in [-0.2, 0) is 101 Å². The molecule has 1 unspecified atom stereocenters. The fraction of sp³-hybridized carbons (Fsp3) is 0.556. The van der Waals surface area contributed by atoms with Gasteiger partial charge in [0.25, 0.3) is 0 Å². The minimum atomic E-state index is -1.51. The third-order valence-corrected chi connectivity index (χ3v) is 30.5. The average molecular weight is 2130 g/mol. The van der Waals surface area contributed by atoms with E-state index in [0.717, 1.165) is 109 Å². The highest BCUT2D eigenvalue weighted by Crippen LogP contribution is 2.40. The largest absolute Gasteiger partial charge is 0.477 e. The van der Waals surface area contributed by atoms with Crippen molar-refractivity contribution in [2.75, 3.05) is 85.2 Å². The number of ether oxygens (including phenoxy) is 5. The van der Waals surface area contributed by atoms with Crippen molar-refractivity contribution in [3.8, 4) is 0 Å². The van der Waals surface area contributed by atoms with Crippen LogP contribution in [0.2, 0.25) is 20.1 Å². The molecule has 5 fully saturated rings. The Hall–Kier alpha value is -9.77. The van der Waals surface area contributed by atoms with Gasteiger partial charge in [0.15, 0.2) is 0 Å². The fourth-order valence-electron chi connectivity index (χ4n) is 19.8. The van der Waals surface area contributed by atoms with Gasteiger partial charge in [-0.25, -0.2) is 15.0 Å². The van der Waals surface area contributed by atoms with E-state index in [2.05, 4.69) is 26.6 Å². The van der Waals surface area contributed by atoms with Crippen molar-refractivity contribution in [2.45, 2.75) is 290 Å². The number of thioether (sulfide) groups is 1. The van der Waals surface area contributed by atoms with Gasteiger partial charge in [0, 0.05) is 77.7 Å². The second-order valence-electron chi connectivity index (χ2n) is 40.8. The summed E-state index contributed by atoms with van der Waals surface area (Å²) in [7, 11) is 1.69. The molecule has 800 valence electrons. The van der Waals surface area contributed by atoms with E-state index < -0.39 is 112 Å². The number of hydrogen-bond acceptors (Lipinski definition) is 27. The number of nitrogens with two attached hydrogens (primary N) is 3. The lowest BCUT2D eigenvalue weighted by atomic mass is 9.83. The Balaban J connectivity index is 0.000000175. The van der Waals surface area contributed by atoms with Gasteiger partial charge >= 0.3 is 0 Å². The van der Waals surface area contributed by atoms with Crippen molar-refractivity contribution >= 4 is 128 Å². The van der Waals surface area contributed by atoms with Gasteiger partial charge in [-0.2, -0.15) is 0 Å². The van der Waals surface area contributed by atoms with Gasteiger partial charge in [-0.1, -0.05) is 175 Å². The van der Waals surface area contributed by atoms with E-state index in [1.165, 1.54) is 20.8 Å². The molecule has 9 aliphatic rings. The van der Waals surface area contributed by atoms with Crippen LogP contribution in [0.3, 0.4) is 0 Å². The molecule has 6 aromatic carbocycles. The number of hydrogen-bond donors (Lipinski definition) is 13. The highest BCUT2D eigenvalue weighted by atomic mass is 35.5. The molecule has 15 rings (SSSR count). The molecule has 18 atom stereocenters. The summed E-state index contributed by atoms with van der Waals surface area (Å²) < 4.78 is 30.1. The molecular weight excluding hydrogens is 1980 g/mol. The zero-order valence-corrected chi connectivity index (χ0v) is 89.2. The van der Waals surface area contributed by atoms with E-state index in [-0.39, 0.29) is 99.8 Å². The summed E-state index contributed by atoms with van der Waals surface area (Å²) in [6.07, 6.45) is 11.8. The van der Waals surface area contributed by atoms with Gasteiger partial charge in [0.2, 0.25) is 65.0 Å². The van der Waals surface area contributed by atoms with Crippen LogP contribution >= 0.6 is 58.2 Å². The number of aliphatic hydroxyl groups is 5. The van der Waals surface area contributed by atoms with Crippen molar-refractivity contribution in [1.29, 1.82) is 0 Å². The first kappa shape index (κ1) is 116. The molecule has 6 aromatic rings. The minimum absolute atomic E-state index is 0.0870. The molecule has 8 amide bonds. The Kier molecular flexibility index (Phi) is 42.4. The molecule has 34 nitrogen and oxygen atoms in total. The number of carbonyl (C=O) groups excluding carboxylic acids is 8. The van der Waals surface area contributed by atoms with E-state index in [1.807, 2.05) is 150 Å². The highest BCUT2D eigenvalue weighted by molar-refractivity contribution is 8.14. The summed E-state index contributed by atoms with van der Waals surface area (Å²) in [5.41, 5.74) is 18.4. The van der Waals surface area contributed by atoms with Gasteiger partial charge in [-0.05, 0) is 214 Å². The Morgan fingerprint density at radius 1 is 0.422 bits per heavy atom. The standard InChI is InChI=1S/C30H39ClN4O5.C29H37ClN4O4S.C26H37ClN4O4.C23H33ClN4O5/c1-20(32-3)27(37)33-26(21(2)39-17-22-9-5-4-6-10-22)29(38)35-14-8-13-25(35)28-34-30(18-36,19-40-28)16-23-11-7-12-24(31)15-23;1-19(31)26(36)32-25(20(2)38-16-21-8-4-3-5-9-21)28(37)34-13-7-12-24(34)27-33-29(17-35,18-39-27)15-22-10-6-11-23(30)14-22;1-17(28)23(33)29-22(19-8-3-2-4-9-19)25(34)31-12-6-11-21(31)24-30-26(15-32,16-35-24)14-18-7-5-10-20(27)13-18;1-14(25)19(30)26-18(22(2,3)32)21(31)28-9-5-8-17(28)20-27-23(12-29,13-33-20)11-15-6-4-7-16(24)10-15/h4-7,9-12,15,20-21,25-26,32,36H,8,13-14,16-19H2,1-3H3,(H,33,37);3-6,8-11,14,19-20,24-25,35H,7,12-13,15-18,31H2,1-2H3,(H,32,36);5,7,10,13,17,19,21-22,32H,2-4,6,8-9,11-12,14-16,28H2,1H3,(H,29,33);4,6-7,10,14,17-18,29,32H,5,8-9,11-13,25H2,1-3H3,(H,26,30)/t20-,21+,25-,26-,30-;19-,20?,24-,25-,29-;17-,21-,22-,26-;14-,17-,18+,23-/m0000/s1. The average Bonchev–Trinajstić information content (AvgIpc) is 1.65. The first-order valence-electron chi connectivity index (χ1n) is 51.0. The molecule has 147 heavy (non-hydrogen) atoms. The number of nitrogens with one attached hydrogen (secondary N) is 5. The van der Waals surface area contributed by atoms with Gasteiger partial charge in [-0.15, -0.1) is 11.8 Å². The summed E-state index contributed by atoms with van der Waals surface area (Å²) in [6, 6.07) is 41.7. The van der Waals surface area contributed by atoms with E-state index in [0.29, 0.717) is 121 Å². The number of aliphatic hydroxyl groups excluding tert-OH is 4. The fourth-order valence-corrected chi connectivity index (χ4v) is 22.0. The number of halogens is 4. The molecule has 39 heteroatoms. The lowest BCUT2D eigenvalue weighted by Gasteiger charge is -2.35. The SMILES string of the molecule is CC(OCc1ccccc1)[C@H](NC(=O)[C@H](C)N)C(=O)N1CCC[C@H]1C1=N[C@](CO)(Cc2cccc(Cl)c2)CS1.CN[C@@H](C)C(=O)N[C@H](C(=O)N1CCC[C@H]1C1=N[C@](CO)(Cc2cccc(Cl)c2)CO1)[C@@H](C)OCc1ccccc1.C[C@H](N)C(=O)N[C@H](C(=O)N1CCC[C@H]1C1=N[C@](CO)(Cc2cccc(Cl)c2)CO1)C(C)(C)O.C[C@H](N)C(=O)N[C@H](C(=O)N1CCC[C@H]1C1=N[C@](CO)(Cc2cccc(Cl)c2)CO1)C1CCCCC1. The van der Waals surface area contributed by atoms with Crippen LogP contribution in [0.5, 0.6) is 0 Å². The number of amides is 8. The van der Waals surface area contributed by atoms with Crippen molar-refractivity contribution in [1.82, 2.24) is 46.2 Å². The number of benzene rings is 6. The summed E-state index contributed by atoms with van der Waals surface area (Å²) >= 11 is 26.2. The monoisotopic (exact) mass is 2130 g/mol. The Bertz CT molecular complexity index is 5570. The number of rotatable bonds is 39. The maximum absolute atomic E-state index is 14.0. The van der Waals surface area contributed by atoms with Crippen molar-refractivity contribution < 1.29 is 87.6 Å². The van der Waals surface area contributed by atoms with Crippen LogP contribution in [0.15, 0.2) is 178 Å². The second kappa shape index (κ2) is 53.8. The second-order valence-corrected chi connectivity index (χ2v) is 43.5. The van der Waals surface area contributed by atoms with Gasteiger partial charge in [0.1, 0.15) is 78.7 Å². The van der Waals surface area contributed by atoms with Crippen LogP contribution < -0.4 is 43.8 Å². The summed E-state index contributed by atoms with van der Waals surface area (Å²) in [5.74, 6) is -0.481. The van der Waals surface area contributed by atoms with Crippen LogP contribution in [0.25, 0.3) is 0 Å². The lowest BCUT2D eigenvalue weighted by Crippen LogP contribution is -2.61. The molecule has 0 bridgehead atoms. The highest BCUT2D eigenvalue weighted by Gasteiger charge is 2.52. The number of nitrogens with zero attached hydrogens (tertiary/aromatic N) is 8. The molecule has 0 aromatic heterocycles. The minimum Gasteiger partial charge on any atom is -0.477 e. The zero-order valence-electron chi connectivity index (χ0n) is 85.4. The molecule has 0 spiro atoms. The number of aliphatic imine (C=N–C) groups is 4. The quantitative estimate of drug-likeness (QED) is 0.0171. The molecule has 8 heterocycles. The summed E-state index contributed by atoms with van der Waals surface area (Å²) in [4.78, 5) is 132. The third kappa shape index (κ3) is 31.3. The predicted molar refractivity (Wildman–Crippen MR) is 570 cm³/mol. The molecule has 1 aliphatic carbocycles. The Morgan fingerprint density at radius 2 is 0.755 bits per heavy atom.